The number of halogens is 3. The van der Waals surface area contributed by atoms with Crippen LogP contribution in [-0.2, 0) is 6.18 Å². The van der Waals surface area contributed by atoms with Crippen molar-refractivity contribution in [3.63, 3.8) is 0 Å². The minimum absolute atomic E-state index is 0.0501. The summed E-state index contributed by atoms with van der Waals surface area (Å²) in [5, 5.41) is 20.3. The van der Waals surface area contributed by atoms with Crippen LogP contribution in [0.2, 0.25) is 0 Å². The van der Waals surface area contributed by atoms with Crippen LogP contribution in [-0.4, -0.2) is 38.0 Å². The quantitative estimate of drug-likeness (QED) is 0.760. The molecule has 2 aromatic heterocycles. The second-order valence-electron chi connectivity index (χ2n) is 5.96. The molecular weight excluding hydrogens is 347 g/mol. The van der Waals surface area contributed by atoms with Crippen molar-refractivity contribution in [1.29, 1.82) is 0 Å². The summed E-state index contributed by atoms with van der Waals surface area (Å²) < 4.78 is 39.7. The van der Waals surface area contributed by atoms with Crippen LogP contribution in [0, 0.1) is 0 Å². The number of aromatic hydroxyl groups is 1. The highest BCUT2D eigenvalue weighted by molar-refractivity contribution is 5.69. The number of alkyl halides is 3. The van der Waals surface area contributed by atoms with Crippen LogP contribution in [0.4, 0.5) is 19.0 Å². The summed E-state index contributed by atoms with van der Waals surface area (Å²) in [5.74, 6) is -0.512. The van der Waals surface area contributed by atoms with Crippen molar-refractivity contribution in [2.75, 3.05) is 18.0 Å². The largest absolute Gasteiger partial charge is 0.508 e. The van der Waals surface area contributed by atoms with Crippen molar-refractivity contribution in [2.24, 2.45) is 0 Å². The third-order valence-electron chi connectivity index (χ3n) is 4.25. The number of benzene rings is 1. The Bertz CT molecular complexity index is 995. The summed E-state index contributed by atoms with van der Waals surface area (Å²) in [6.45, 7) is 1.11. The summed E-state index contributed by atoms with van der Waals surface area (Å²) in [7, 11) is 0. The van der Waals surface area contributed by atoms with Crippen LogP contribution in [0.15, 0.2) is 42.5 Å². The molecule has 0 fully saturated rings. The molecule has 0 saturated carbocycles. The van der Waals surface area contributed by atoms with Gasteiger partial charge in [-0.1, -0.05) is 18.2 Å². The molecule has 26 heavy (non-hydrogen) atoms. The van der Waals surface area contributed by atoms with E-state index in [1.807, 2.05) is 17.0 Å². The molecule has 0 bridgehead atoms. The van der Waals surface area contributed by atoms with Gasteiger partial charge in [0.2, 0.25) is 0 Å². The number of aromatic nitrogens is 4. The van der Waals surface area contributed by atoms with Crippen molar-refractivity contribution < 1.29 is 18.3 Å². The molecule has 3 heterocycles. The minimum Gasteiger partial charge on any atom is -0.508 e. The van der Waals surface area contributed by atoms with Crippen LogP contribution in [0.3, 0.4) is 0 Å². The third-order valence-corrected chi connectivity index (χ3v) is 4.25. The molecule has 0 aliphatic carbocycles. The van der Waals surface area contributed by atoms with Crippen LogP contribution < -0.4 is 4.90 Å². The second kappa shape index (κ2) is 6.01. The normalized spacial score (nSPS) is 15.3. The molecule has 0 radical (unpaired) electrons. The van der Waals surface area contributed by atoms with E-state index >= 15 is 0 Å². The number of anilines is 1. The van der Waals surface area contributed by atoms with E-state index in [9.17, 15) is 18.3 Å². The molecule has 1 aliphatic heterocycles. The first kappa shape index (κ1) is 16.4. The monoisotopic (exact) mass is 361 g/mol. The lowest BCUT2D eigenvalue weighted by Gasteiger charge is -2.27. The molecular formula is C17H14F3N5O. The van der Waals surface area contributed by atoms with Gasteiger partial charge in [0.15, 0.2) is 5.65 Å². The molecule has 0 spiro atoms. The Balaban J connectivity index is 1.61. The predicted molar refractivity (Wildman–Crippen MR) is 88.7 cm³/mol. The molecule has 0 amide bonds. The number of hydrogen-bond acceptors (Lipinski definition) is 5. The van der Waals surface area contributed by atoms with Crippen molar-refractivity contribution in [3.8, 4) is 5.75 Å². The standard InChI is InChI=1S/C17H14F3N5O/c18-17(19,20)16-22-21-14-4-5-15(23-25(14)16)24-8-6-11(7-9-24)12-2-1-3-13(26)10-12/h1-6,10,26H,7-9H2. The van der Waals surface area contributed by atoms with E-state index < -0.39 is 12.0 Å². The molecule has 0 saturated heterocycles. The molecule has 134 valence electrons. The highest BCUT2D eigenvalue weighted by atomic mass is 19.4. The maximum absolute atomic E-state index is 13.0. The summed E-state index contributed by atoms with van der Waals surface area (Å²) in [4.78, 5) is 1.88. The number of phenols is 1. The van der Waals surface area contributed by atoms with Gasteiger partial charge < -0.3 is 10.0 Å². The Hall–Kier alpha value is -3.10. The number of hydrogen-bond donors (Lipinski definition) is 1. The summed E-state index contributed by atoms with van der Waals surface area (Å²) in [5.41, 5.74) is 2.07. The number of rotatable bonds is 2. The maximum Gasteiger partial charge on any atom is 0.453 e. The fraction of sp³-hybridized carbons (Fsp3) is 0.235. The predicted octanol–water partition coefficient (Wildman–Crippen LogP) is 3.14. The molecule has 6 nitrogen and oxygen atoms in total. The smallest absolute Gasteiger partial charge is 0.453 e. The van der Waals surface area contributed by atoms with Crippen LogP contribution in [0.5, 0.6) is 5.75 Å². The first-order valence-electron chi connectivity index (χ1n) is 7.95. The van der Waals surface area contributed by atoms with Gasteiger partial charge in [0.05, 0.1) is 0 Å². The maximum atomic E-state index is 13.0. The Morgan fingerprint density at radius 3 is 2.62 bits per heavy atom. The average molecular weight is 361 g/mol. The van der Waals surface area contributed by atoms with Crippen molar-refractivity contribution >= 4 is 17.0 Å². The van der Waals surface area contributed by atoms with Crippen molar-refractivity contribution in [1.82, 2.24) is 19.8 Å². The van der Waals surface area contributed by atoms with E-state index in [0.717, 1.165) is 15.7 Å². The average Bonchev–Trinajstić information content (AvgIpc) is 3.05. The Morgan fingerprint density at radius 2 is 1.92 bits per heavy atom. The van der Waals surface area contributed by atoms with E-state index in [1.165, 1.54) is 6.07 Å². The zero-order valence-corrected chi connectivity index (χ0v) is 13.5. The molecule has 9 heteroatoms. The van der Waals surface area contributed by atoms with Gasteiger partial charge in [-0.25, -0.2) is 0 Å². The molecule has 0 unspecified atom stereocenters. The summed E-state index contributed by atoms with van der Waals surface area (Å²) in [6.07, 6.45) is -1.94. The van der Waals surface area contributed by atoms with Crippen molar-refractivity contribution in [2.45, 2.75) is 12.6 Å². The van der Waals surface area contributed by atoms with E-state index in [1.54, 1.807) is 24.3 Å². The first-order chi connectivity index (χ1) is 12.4. The topological polar surface area (TPSA) is 66.5 Å². The van der Waals surface area contributed by atoms with Crippen LogP contribution in [0.1, 0.15) is 17.8 Å². The second-order valence-corrected chi connectivity index (χ2v) is 5.96. The Kier molecular flexibility index (Phi) is 3.78. The zero-order valence-electron chi connectivity index (χ0n) is 13.5. The molecule has 4 rings (SSSR count). The van der Waals surface area contributed by atoms with Gasteiger partial charge in [-0.05, 0) is 41.8 Å². The van der Waals surface area contributed by atoms with E-state index in [4.69, 9.17) is 0 Å². The zero-order chi connectivity index (χ0) is 18.3. The molecule has 3 aromatic rings. The Labute approximate surface area is 146 Å². The SMILES string of the molecule is Oc1cccc(C2=CCN(c3ccc4nnc(C(F)(F)F)n4n3)CC2)c1. The summed E-state index contributed by atoms with van der Waals surface area (Å²) in [6, 6.07) is 10.1. The molecule has 1 N–H and O–H groups in total. The van der Waals surface area contributed by atoms with Gasteiger partial charge in [0.1, 0.15) is 11.6 Å². The molecule has 1 aliphatic rings. The van der Waals surface area contributed by atoms with Crippen LogP contribution >= 0.6 is 0 Å². The van der Waals surface area contributed by atoms with E-state index in [0.29, 0.717) is 25.3 Å². The fourth-order valence-electron chi connectivity index (χ4n) is 2.97. The Morgan fingerprint density at radius 1 is 1.08 bits per heavy atom. The lowest BCUT2D eigenvalue weighted by atomic mass is 9.99. The van der Waals surface area contributed by atoms with Gasteiger partial charge in [-0.3, -0.25) is 0 Å². The highest BCUT2D eigenvalue weighted by Crippen LogP contribution is 2.29. The van der Waals surface area contributed by atoms with Gasteiger partial charge in [-0.15, -0.1) is 15.3 Å². The molecule has 1 aromatic carbocycles. The number of nitrogens with zero attached hydrogens (tertiary/aromatic N) is 5. The lowest BCUT2D eigenvalue weighted by Crippen LogP contribution is -2.29. The van der Waals surface area contributed by atoms with Gasteiger partial charge >= 0.3 is 6.18 Å². The third kappa shape index (κ3) is 2.96. The lowest BCUT2D eigenvalue weighted by molar-refractivity contribution is -0.146. The molecule has 0 atom stereocenters. The van der Waals surface area contributed by atoms with E-state index in [2.05, 4.69) is 15.3 Å². The summed E-state index contributed by atoms with van der Waals surface area (Å²) >= 11 is 0. The minimum atomic E-state index is -4.62. The van der Waals surface area contributed by atoms with E-state index in [-0.39, 0.29) is 11.4 Å². The number of phenolic OH excluding ortho intramolecular Hbond substituents is 1. The van der Waals surface area contributed by atoms with Crippen LogP contribution in [0.25, 0.3) is 11.2 Å². The van der Waals surface area contributed by atoms with Gasteiger partial charge in [0.25, 0.3) is 5.82 Å². The first-order valence-corrected chi connectivity index (χ1v) is 7.95. The number of fused-ring (bicyclic) bond motifs is 1. The highest BCUT2D eigenvalue weighted by Gasteiger charge is 2.37. The van der Waals surface area contributed by atoms with Gasteiger partial charge in [-0.2, -0.15) is 17.7 Å². The van der Waals surface area contributed by atoms with Gasteiger partial charge in [0, 0.05) is 13.1 Å². The fourth-order valence-corrected chi connectivity index (χ4v) is 2.97. The van der Waals surface area contributed by atoms with Crippen molar-refractivity contribution in [3.05, 3.63) is 53.9 Å².